The normalized spacial score (nSPS) is 14.4. The van der Waals surface area contributed by atoms with Gasteiger partial charge in [-0.2, -0.15) is 0 Å². The van der Waals surface area contributed by atoms with Crippen LogP contribution in [0, 0.1) is 0 Å². The molecule has 0 aliphatic heterocycles. The molecule has 0 radical (unpaired) electrons. The molecule has 1 aliphatic carbocycles. The zero-order valence-corrected chi connectivity index (χ0v) is 23.0. The summed E-state index contributed by atoms with van der Waals surface area (Å²) in [5.74, 6) is -0.251. The second kappa shape index (κ2) is 12.8. The van der Waals surface area contributed by atoms with Gasteiger partial charge in [0.15, 0.2) is 0 Å². The number of carbonyl (C=O) groups is 2. The molecule has 1 saturated carbocycles. The molecule has 188 valence electrons. The third kappa shape index (κ3) is 7.34. The van der Waals surface area contributed by atoms with Crippen molar-refractivity contribution >= 4 is 50.9 Å². The lowest BCUT2D eigenvalue weighted by atomic mass is 10.0. The van der Waals surface area contributed by atoms with E-state index in [4.69, 9.17) is 23.2 Å². The summed E-state index contributed by atoms with van der Waals surface area (Å²) in [7, 11) is 0. The zero-order valence-electron chi connectivity index (χ0n) is 19.9. The van der Waals surface area contributed by atoms with Gasteiger partial charge in [-0.1, -0.05) is 101 Å². The van der Waals surface area contributed by atoms with E-state index in [1.807, 2.05) is 54.6 Å². The van der Waals surface area contributed by atoms with Gasteiger partial charge in [0, 0.05) is 23.5 Å². The van der Waals surface area contributed by atoms with Crippen LogP contribution in [0.2, 0.25) is 10.0 Å². The van der Waals surface area contributed by atoms with Gasteiger partial charge in [0.25, 0.3) is 0 Å². The summed E-state index contributed by atoms with van der Waals surface area (Å²) in [6, 6.07) is 22.4. The Kier molecular flexibility index (Phi) is 9.47. The van der Waals surface area contributed by atoms with Crippen LogP contribution in [0.5, 0.6) is 0 Å². The van der Waals surface area contributed by atoms with Gasteiger partial charge in [0.05, 0.1) is 16.5 Å². The molecule has 0 spiro atoms. The Morgan fingerprint density at radius 1 is 0.889 bits per heavy atom. The van der Waals surface area contributed by atoms with Crippen LogP contribution in [0.3, 0.4) is 0 Å². The summed E-state index contributed by atoms with van der Waals surface area (Å²) < 4.78 is 0.923. The topological polar surface area (TPSA) is 49.4 Å². The van der Waals surface area contributed by atoms with Gasteiger partial charge in [-0.3, -0.25) is 9.59 Å². The molecule has 36 heavy (non-hydrogen) atoms. The minimum absolute atomic E-state index is 0.108. The van der Waals surface area contributed by atoms with E-state index < -0.39 is 6.04 Å². The first-order valence-corrected chi connectivity index (χ1v) is 13.8. The molecule has 1 fully saturated rings. The smallest absolute Gasteiger partial charge is 0.243 e. The molecule has 0 saturated heterocycles. The van der Waals surface area contributed by atoms with Gasteiger partial charge in [-0.25, -0.2) is 0 Å². The Labute approximate surface area is 231 Å². The van der Waals surface area contributed by atoms with Crippen LogP contribution >= 0.6 is 39.1 Å². The van der Waals surface area contributed by atoms with Crippen LogP contribution in [0.4, 0.5) is 0 Å². The maximum atomic E-state index is 13.8. The van der Waals surface area contributed by atoms with E-state index >= 15 is 0 Å². The zero-order chi connectivity index (χ0) is 25.5. The quantitative estimate of drug-likeness (QED) is 0.293. The van der Waals surface area contributed by atoms with Crippen molar-refractivity contribution < 1.29 is 9.59 Å². The Morgan fingerprint density at radius 3 is 2.31 bits per heavy atom. The summed E-state index contributed by atoms with van der Waals surface area (Å²) in [4.78, 5) is 29.2. The Hall–Kier alpha value is -2.34. The largest absolute Gasteiger partial charge is 0.352 e. The van der Waals surface area contributed by atoms with Crippen LogP contribution in [-0.4, -0.2) is 28.8 Å². The number of carbonyl (C=O) groups excluding carboxylic acids is 2. The summed E-state index contributed by atoms with van der Waals surface area (Å²) in [6.45, 7) is 0.315. The first-order valence-electron chi connectivity index (χ1n) is 12.2. The van der Waals surface area contributed by atoms with E-state index in [0.717, 1.165) is 46.8 Å². The molecule has 1 aliphatic rings. The van der Waals surface area contributed by atoms with Crippen molar-refractivity contribution in [3.8, 4) is 0 Å². The molecule has 7 heteroatoms. The number of nitrogens with zero attached hydrogens (tertiary/aromatic N) is 1. The van der Waals surface area contributed by atoms with Gasteiger partial charge in [-0.15, -0.1) is 0 Å². The van der Waals surface area contributed by atoms with Gasteiger partial charge in [-0.05, 0) is 53.8 Å². The maximum Gasteiger partial charge on any atom is 0.243 e. The highest BCUT2D eigenvalue weighted by Gasteiger charge is 2.32. The minimum Gasteiger partial charge on any atom is -0.352 e. The summed E-state index contributed by atoms with van der Waals surface area (Å²) >= 11 is 15.8. The average molecular weight is 588 g/mol. The fraction of sp³-hybridized carbons (Fsp3) is 0.310. The van der Waals surface area contributed by atoms with Crippen LogP contribution < -0.4 is 5.32 Å². The molecule has 0 bridgehead atoms. The van der Waals surface area contributed by atoms with E-state index in [-0.39, 0.29) is 24.3 Å². The number of hydrogen-bond acceptors (Lipinski definition) is 2. The minimum atomic E-state index is -0.651. The van der Waals surface area contributed by atoms with Crippen molar-refractivity contribution in [3.63, 3.8) is 0 Å². The highest BCUT2D eigenvalue weighted by atomic mass is 79.9. The van der Waals surface area contributed by atoms with Crippen LogP contribution in [0.25, 0.3) is 0 Å². The first-order chi connectivity index (χ1) is 17.4. The fourth-order valence-corrected chi connectivity index (χ4v) is 5.45. The van der Waals surface area contributed by atoms with Crippen LogP contribution in [0.15, 0.2) is 77.3 Å². The Morgan fingerprint density at radius 2 is 1.61 bits per heavy atom. The number of rotatable bonds is 9. The predicted molar refractivity (Wildman–Crippen MR) is 149 cm³/mol. The number of hydrogen-bond donors (Lipinski definition) is 1. The molecule has 3 aromatic rings. The van der Waals surface area contributed by atoms with Crippen molar-refractivity contribution in [2.75, 3.05) is 0 Å². The van der Waals surface area contributed by atoms with E-state index in [9.17, 15) is 9.59 Å². The van der Waals surface area contributed by atoms with Gasteiger partial charge in [0.1, 0.15) is 6.04 Å². The van der Waals surface area contributed by atoms with Gasteiger partial charge >= 0.3 is 0 Å². The SMILES string of the molecule is O=C(NC1CCCC1)[C@@H](Cc1ccccc1)N(Cc1cccc(Br)c1)C(=O)Cc1ccc(Cl)c(Cl)c1. The second-order valence-electron chi connectivity index (χ2n) is 9.27. The highest BCUT2D eigenvalue weighted by Crippen LogP contribution is 2.25. The molecule has 2 amide bonds. The van der Waals surface area contributed by atoms with Crippen molar-refractivity contribution in [2.24, 2.45) is 0 Å². The molecule has 4 rings (SSSR count). The van der Waals surface area contributed by atoms with Crippen LogP contribution in [0.1, 0.15) is 42.4 Å². The third-order valence-electron chi connectivity index (χ3n) is 6.55. The lowest BCUT2D eigenvalue weighted by molar-refractivity contribution is -0.141. The third-order valence-corrected chi connectivity index (χ3v) is 7.79. The lowest BCUT2D eigenvalue weighted by Gasteiger charge is -2.32. The molecule has 1 N–H and O–H groups in total. The molecular formula is C29H29BrCl2N2O2. The lowest BCUT2D eigenvalue weighted by Crippen LogP contribution is -2.52. The molecular weight excluding hydrogens is 559 g/mol. The fourth-order valence-electron chi connectivity index (χ4n) is 4.68. The molecule has 0 heterocycles. The second-order valence-corrected chi connectivity index (χ2v) is 11.0. The number of benzene rings is 3. The van der Waals surface area contributed by atoms with Gasteiger partial charge < -0.3 is 10.2 Å². The number of amides is 2. The number of nitrogens with one attached hydrogen (secondary N) is 1. The van der Waals surface area contributed by atoms with Gasteiger partial charge in [0.2, 0.25) is 11.8 Å². The number of halogens is 3. The Balaban J connectivity index is 1.66. The van der Waals surface area contributed by atoms with Crippen molar-refractivity contribution in [2.45, 2.75) is 57.2 Å². The first kappa shape index (κ1) is 26.7. The summed E-state index contributed by atoms with van der Waals surface area (Å²) in [6.07, 6.45) is 4.74. The average Bonchev–Trinajstić information content (AvgIpc) is 3.37. The van der Waals surface area contributed by atoms with E-state index in [1.54, 1.807) is 23.1 Å². The van der Waals surface area contributed by atoms with E-state index in [1.165, 1.54) is 0 Å². The van der Waals surface area contributed by atoms with Crippen LogP contribution in [-0.2, 0) is 29.0 Å². The molecule has 0 aromatic heterocycles. The van der Waals surface area contributed by atoms with Crippen molar-refractivity contribution in [1.82, 2.24) is 10.2 Å². The molecule has 3 aromatic carbocycles. The van der Waals surface area contributed by atoms with E-state index in [2.05, 4.69) is 21.2 Å². The molecule has 4 nitrogen and oxygen atoms in total. The monoisotopic (exact) mass is 586 g/mol. The molecule has 0 unspecified atom stereocenters. The van der Waals surface area contributed by atoms with E-state index in [0.29, 0.717) is 23.0 Å². The Bertz CT molecular complexity index is 1200. The standard InChI is InChI=1S/C29H29BrCl2N2O2/c30-23-10-6-9-22(15-23)19-34(28(35)18-21-13-14-25(31)26(32)16-21)27(17-20-7-2-1-3-8-20)29(36)33-24-11-4-5-12-24/h1-3,6-10,13-16,24,27H,4-5,11-12,17-19H2,(H,33,36)/t27-/m1/s1. The van der Waals surface area contributed by atoms with Crippen molar-refractivity contribution in [3.05, 3.63) is 104 Å². The summed E-state index contributed by atoms with van der Waals surface area (Å²) in [5, 5.41) is 4.08. The molecule has 1 atom stereocenters. The summed E-state index contributed by atoms with van der Waals surface area (Å²) in [5.41, 5.74) is 2.70. The highest BCUT2D eigenvalue weighted by molar-refractivity contribution is 9.10. The predicted octanol–water partition coefficient (Wildman–Crippen LogP) is 7.00. The van der Waals surface area contributed by atoms with Crippen molar-refractivity contribution in [1.29, 1.82) is 0 Å². The maximum absolute atomic E-state index is 13.8.